The van der Waals surface area contributed by atoms with E-state index in [0.717, 1.165) is 5.56 Å². The Morgan fingerprint density at radius 1 is 1.00 bits per heavy atom. The van der Waals surface area contributed by atoms with Crippen LogP contribution in [0.15, 0.2) is 59.5 Å². The number of nitrogens with one attached hydrogen (secondary N) is 1. The minimum Gasteiger partial charge on any atom is -0.481 e. The molecule has 0 heterocycles. The summed E-state index contributed by atoms with van der Waals surface area (Å²) in [6, 6.07) is 15.7. The zero-order valence-corrected chi connectivity index (χ0v) is 16.1. The van der Waals surface area contributed by atoms with Gasteiger partial charge in [0.25, 0.3) is 5.91 Å². The van der Waals surface area contributed by atoms with Gasteiger partial charge in [-0.2, -0.15) is 0 Å². The number of ether oxygens (including phenoxy) is 1. The maximum atomic E-state index is 12.6. The van der Waals surface area contributed by atoms with Crippen LogP contribution in [0.4, 0.5) is 0 Å². The lowest BCUT2D eigenvalue weighted by Gasteiger charge is -2.22. The number of hydrogen-bond acceptors (Lipinski definition) is 4. The molecule has 0 aliphatic rings. The van der Waals surface area contributed by atoms with Gasteiger partial charge in [-0.3, -0.25) is 4.79 Å². The molecule has 2 atom stereocenters. The summed E-state index contributed by atoms with van der Waals surface area (Å²) in [5, 5.41) is 3.00. The topological polar surface area (TPSA) is 72.5 Å². The molecule has 0 radical (unpaired) electrons. The lowest BCUT2D eigenvalue weighted by molar-refractivity contribution is -0.128. The standard InChI is InChI=1S/C20H25NO4S/c1-4-18(15-11-13-17(14-12-15)26(3,23)24)21-20(22)19(5-2)25-16-9-7-6-8-10-16/h6-14,18-19H,4-5H2,1-3H3,(H,21,22). The number of carbonyl (C=O) groups is 1. The third kappa shape index (κ3) is 5.33. The van der Waals surface area contributed by atoms with Crippen molar-refractivity contribution in [1.82, 2.24) is 5.32 Å². The second kappa shape index (κ2) is 8.85. The van der Waals surface area contributed by atoms with Crippen LogP contribution in [0.3, 0.4) is 0 Å². The molecule has 1 amide bonds. The van der Waals surface area contributed by atoms with Crippen LogP contribution in [0.25, 0.3) is 0 Å². The molecule has 2 aromatic rings. The Kier molecular flexibility index (Phi) is 6.80. The molecule has 2 rings (SSSR count). The smallest absolute Gasteiger partial charge is 0.261 e. The van der Waals surface area contributed by atoms with Crippen molar-refractivity contribution >= 4 is 15.7 Å². The van der Waals surface area contributed by atoms with E-state index in [-0.39, 0.29) is 16.8 Å². The molecule has 0 bridgehead atoms. The van der Waals surface area contributed by atoms with Crippen molar-refractivity contribution < 1.29 is 17.9 Å². The first-order chi connectivity index (χ1) is 12.3. The van der Waals surface area contributed by atoms with E-state index in [9.17, 15) is 13.2 Å². The highest BCUT2D eigenvalue weighted by molar-refractivity contribution is 7.90. The fourth-order valence-corrected chi connectivity index (χ4v) is 3.25. The van der Waals surface area contributed by atoms with Crippen LogP contribution in [-0.4, -0.2) is 26.7 Å². The number of hydrogen-bond donors (Lipinski definition) is 1. The van der Waals surface area contributed by atoms with Crippen molar-refractivity contribution in [2.75, 3.05) is 6.26 Å². The second-order valence-corrected chi connectivity index (χ2v) is 8.15. The number of sulfone groups is 1. The fourth-order valence-electron chi connectivity index (χ4n) is 2.62. The molecular weight excluding hydrogens is 350 g/mol. The minimum atomic E-state index is -3.23. The first kappa shape index (κ1) is 20.0. The highest BCUT2D eigenvalue weighted by Gasteiger charge is 2.22. The molecule has 0 saturated heterocycles. The third-order valence-electron chi connectivity index (χ3n) is 4.12. The fraction of sp³-hybridized carbons (Fsp3) is 0.350. The molecule has 0 aromatic heterocycles. The Bertz CT molecular complexity index is 817. The first-order valence-electron chi connectivity index (χ1n) is 8.67. The third-order valence-corrected chi connectivity index (χ3v) is 5.25. The highest BCUT2D eigenvalue weighted by atomic mass is 32.2. The summed E-state index contributed by atoms with van der Waals surface area (Å²) in [6.45, 7) is 3.86. The number of carbonyl (C=O) groups excluding carboxylic acids is 1. The van der Waals surface area contributed by atoms with Gasteiger partial charge in [-0.15, -0.1) is 0 Å². The molecule has 2 aromatic carbocycles. The molecule has 140 valence electrons. The van der Waals surface area contributed by atoms with Crippen molar-refractivity contribution in [2.24, 2.45) is 0 Å². The summed E-state index contributed by atoms with van der Waals surface area (Å²) in [4.78, 5) is 12.9. The molecule has 0 aliphatic heterocycles. The van der Waals surface area contributed by atoms with Gasteiger partial charge in [0.1, 0.15) is 5.75 Å². The lowest BCUT2D eigenvalue weighted by atomic mass is 10.0. The largest absolute Gasteiger partial charge is 0.481 e. The molecule has 1 N–H and O–H groups in total. The predicted molar refractivity (Wildman–Crippen MR) is 102 cm³/mol. The van der Waals surface area contributed by atoms with Gasteiger partial charge in [0, 0.05) is 6.26 Å². The number of rotatable bonds is 8. The maximum Gasteiger partial charge on any atom is 0.261 e. The van der Waals surface area contributed by atoms with Crippen LogP contribution in [0.5, 0.6) is 5.75 Å². The molecule has 2 unspecified atom stereocenters. The van der Waals surface area contributed by atoms with Gasteiger partial charge in [-0.25, -0.2) is 8.42 Å². The molecule has 0 aliphatic carbocycles. The van der Waals surface area contributed by atoms with Gasteiger partial charge in [-0.05, 0) is 42.7 Å². The quantitative estimate of drug-likeness (QED) is 0.766. The summed E-state index contributed by atoms with van der Waals surface area (Å²) >= 11 is 0. The van der Waals surface area contributed by atoms with Gasteiger partial charge < -0.3 is 10.1 Å². The monoisotopic (exact) mass is 375 g/mol. The molecule has 0 fully saturated rings. The predicted octanol–water partition coefficient (Wildman–Crippen LogP) is 3.52. The van der Waals surface area contributed by atoms with Crippen LogP contribution in [0, 0.1) is 0 Å². The Hall–Kier alpha value is -2.34. The summed E-state index contributed by atoms with van der Waals surface area (Å²) in [7, 11) is -3.23. The summed E-state index contributed by atoms with van der Waals surface area (Å²) in [5.41, 5.74) is 0.864. The Balaban J connectivity index is 2.09. The lowest BCUT2D eigenvalue weighted by Crippen LogP contribution is -2.39. The van der Waals surface area contributed by atoms with E-state index in [4.69, 9.17) is 4.74 Å². The number of benzene rings is 2. The van der Waals surface area contributed by atoms with E-state index >= 15 is 0 Å². The van der Waals surface area contributed by atoms with Gasteiger partial charge in [0.2, 0.25) is 0 Å². The molecule has 6 heteroatoms. The SMILES string of the molecule is CCC(Oc1ccccc1)C(=O)NC(CC)c1ccc(S(C)(=O)=O)cc1. The minimum absolute atomic E-state index is 0.185. The van der Waals surface area contributed by atoms with E-state index < -0.39 is 15.9 Å². The average molecular weight is 375 g/mol. The van der Waals surface area contributed by atoms with E-state index in [1.165, 1.54) is 6.26 Å². The average Bonchev–Trinajstić information content (AvgIpc) is 2.64. The van der Waals surface area contributed by atoms with E-state index in [0.29, 0.717) is 18.6 Å². The Morgan fingerprint density at radius 3 is 2.12 bits per heavy atom. The Morgan fingerprint density at radius 2 is 1.62 bits per heavy atom. The van der Waals surface area contributed by atoms with Gasteiger partial charge in [0.05, 0.1) is 10.9 Å². The zero-order valence-electron chi connectivity index (χ0n) is 15.3. The molecular formula is C20H25NO4S. The second-order valence-electron chi connectivity index (χ2n) is 6.14. The summed E-state index contributed by atoms with van der Waals surface area (Å²) in [6.07, 6.45) is 1.82. The van der Waals surface area contributed by atoms with Crippen molar-refractivity contribution in [3.8, 4) is 5.75 Å². The summed E-state index contributed by atoms with van der Waals surface area (Å²) < 4.78 is 28.9. The van der Waals surface area contributed by atoms with E-state index in [2.05, 4.69) is 5.32 Å². The molecule has 0 spiro atoms. The zero-order chi connectivity index (χ0) is 19.2. The molecule has 0 saturated carbocycles. The van der Waals surface area contributed by atoms with E-state index in [1.807, 2.05) is 44.2 Å². The van der Waals surface area contributed by atoms with Crippen molar-refractivity contribution in [1.29, 1.82) is 0 Å². The van der Waals surface area contributed by atoms with Crippen LogP contribution >= 0.6 is 0 Å². The number of para-hydroxylation sites is 1. The van der Waals surface area contributed by atoms with Crippen molar-refractivity contribution in [3.05, 3.63) is 60.2 Å². The molecule has 26 heavy (non-hydrogen) atoms. The summed E-state index contributed by atoms with van der Waals surface area (Å²) in [5.74, 6) is 0.468. The van der Waals surface area contributed by atoms with Crippen LogP contribution in [0.2, 0.25) is 0 Å². The van der Waals surface area contributed by atoms with Crippen LogP contribution < -0.4 is 10.1 Å². The van der Waals surface area contributed by atoms with Gasteiger partial charge >= 0.3 is 0 Å². The van der Waals surface area contributed by atoms with E-state index in [1.54, 1.807) is 24.3 Å². The normalized spacial score (nSPS) is 13.7. The van der Waals surface area contributed by atoms with Crippen molar-refractivity contribution in [2.45, 2.75) is 43.7 Å². The van der Waals surface area contributed by atoms with Crippen LogP contribution in [-0.2, 0) is 14.6 Å². The maximum absolute atomic E-state index is 12.6. The first-order valence-corrected chi connectivity index (χ1v) is 10.6. The number of amides is 1. The molecule has 5 nitrogen and oxygen atoms in total. The van der Waals surface area contributed by atoms with Crippen LogP contribution in [0.1, 0.15) is 38.3 Å². The Labute approximate surface area is 155 Å². The highest BCUT2D eigenvalue weighted by Crippen LogP contribution is 2.20. The van der Waals surface area contributed by atoms with Gasteiger partial charge in [0.15, 0.2) is 15.9 Å². The van der Waals surface area contributed by atoms with Crippen molar-refractivity contribution in [3.63, 3.8) is 0 Å². The van der Waals surface area contributed by atoms with Gasteiger partial charge in [-0.1, -0.05) is 44.2 Å².